The van der Waals surface area contributed by atoms with Crippen molar-refractivity contribution in [2.45, 2.75) is 6.92 Å². The summed E-state index contributed by atoms with van der Waals surface area (Å²) in [4.78, 5) is 3.98. The van der Waals surface area contributed by atoms with Crippen molar-refractivity contribution in [1.82, 2.24) is 4.98 Å². The molecule has 1 aromatic heterocycles. The van der Waals surface area contributed by atoms with Crippen molar-refractivity contribution < 1.29 is 0 Å². The van der Waals surface area contributed by atoms with Gasteiger partial charge >= 0.3 is 0 Å². The molecule has 0 bridgehead atoms. The quantitative estimate of drug-likeness (QED) is 0.585. The van der Waals surface area contributed by atoms with Gasteiger partial charge in [-0.25, -0.2) is 0 Å². The van der Waals surface area contributed by atoms with E-state index in [1.54, 1.807) is 6.20 Å². The summed E-state index contributed by atoms with van der Waals surface area (Å²) in [6.07, 6.45) is 1.79. The first kappa shape index (κ1) is 7.63. The maximum absolute atomic E-state index is 3.98. The fourth-order valence-electron chi connectivity index (χ4n) is 0.448. The lowest BCUT2D eigenvalue weighted by molar-refractivity contribution is 1.20. The Kier molecular flexibility index (Phi) is 3.44. The molecule has 8 heavy (non-hydrogen) atoms. The highest BCUT2D eigenvalue weighted by Crippen LogP contribution is 1.85. The molecule has 0 aliphatic rings. The average molecular weight is 174 g/mol. The van der Waals surface area contributed by atoms with Gasteiger partial charge in [-0.1, -0.05) is 6.07 Å². The van der Waals surface area contributed by atoms with Gasteiger partial charge in [0.25, 0.3) is 0 Å². The van der Waals surface area contributed by atoms with Crippen LogP contribution in [0.2, 0.25) is 0 Å². The van der Waals surface area contributed by atoms with Crippen molar-refractivity contribution in [2.24, 2.45) is 0 Å². The minimum atomic E-state index is 0. The zero-order chi connectivity index (χ0) is 5.11. The normalized spacial score (nSPS) is 7.62. The van der Waals surface area contributed by atoms with Crippen LogP contribution in [0, 0.1) is 6.92 Å². The van der Waals surface area contributed by atoms with Crippen molar-refractivity contribution >= 4 is 17.0 Å². The van der Waals surface area contributed by atoms with Crippen LogP contribution in [0.25, 0.3) is 0 Å². The Hall–Kier alpha value is -0.370. The molecular weight excluding hydrogens is 166 g/mol. The van der Waals surface area contributed by atoms with Crippen LogP contribution in [0.5, 0.6) is 0 Å². The summed E-state index contributed by atoms with van der Waals surface area (Å²) in [6, 6.07) is 5.86. The molecule has 44 valence electrons. The van der Waals surface area contributed by atoms with Crippen molar-refractivity contribution in [1.29, 1.82) is 0 Å². The number of aryl methyl sites for hydroxylation is 1. The SMILES string of the molecule is Br.Cc1ccccn1. The van der Waals surface area contributed by atoms with Crippen molar-refractivity contribution in [3.8, 4) is 0 Å². The minimum absolute atomic E-state index is 0. The smallest absolute Gasteiger partial charge is 0.0372 e. The van der Waals surface area contributed by atoms with Crippen LogP contribution < -0.4 is 0 Å². The summed E-state index contributed by atoms with van der Waals surface area (Å²) in [5.41, 5.74) is 1.07. The maximum Gasteiger partial charge on any atom is 0.0372 e. The average Bonchev–Trinajstić information content (AvgIpc) is 1.69. The fraction of sp³-hybridized carbons (Fsp3) is 0.167. The summed E-state index contributed by atoms with van der Waals surface area (Å²) in [5.74, 6) is 0. The Morgan fingerprint density at radius 2 is 2.12 bits per heavy atom. The number of rotatable bonds is 0. The molecule has 0 radical (unpaired) electrons. The molecule has 0 atom stereocenters. The molecule has 0 saturated heterocycles. The highest BCUT2D eigenvalue weighted by molar-refractivity contribution is 8.93. The molecule has 2 heteroatoms. The topological polar surface area (TPSA) is 12.9 Å². The molecule has 0 fully saturated rings. The minimum Gasteiger partial charge on any atom is -0.262 e. The van der Waals surface area contributed by atoms with Crippen LogP contribution in [-0.2, 0) is 0 Å². The zero-order valence-electron chi connectivity index (χ0n) is 4.66. The van der Waals surface area contributed by atoms with E-state index in [-0.39, 0.29) is 17.0 Å². The van der Waals surface area contributed by atoms with Gasteiger partial charge in [0.1, 0.15) is 0 Å². The molecule has 0 amide bonds. The van der Waals surface area contributed by atoms with Gasteiger partial charge in [-0.3, -0.25) is 4.98 Å². The molecule has 1 nitrogen and oxygen atoms in total. The predicted molar refractivity (Wildman–Crippen MR) is 39.3 cm³/mol. The van der Waals surface area contributed by atoms with Gasteiger partial charge in [0.05, 0.1) is 0 Å². The van der Waals surface area contributed by atoms with E-state index in [2.05, 4.69) is 4.98 Å². The second kappa shape index (κ2) is 3.61. The number of aromatic nitrogens is 1. The van der Waals surface area contributed by atoms with Gasteiger partial charge in [0.15, 0.2) is 0 Å². The number of pyridine rings is 1. The molecule has 1 heterocycles. The summed E-state index contributed by atoms with van der Waals surface area (Å²) < 4.78 is 0. The number of hydrogen-bond acceptors (Lipinski definition) is 1. The summed E-state index contributed by atoms with van der Waals surface area (Å²) >= 11 is 0. The first-order valence-corrected chi connectivity index (χ1v) is 2.27. The number of hydrogen-bond donors (Lipinski definition) is 0. The third-order valence-electron chi connectivity index (χ3n) is 0.813. The van der Waals surface area contributed by atoms with E-state index < -0.39 is 0 Å². The van der Waals surface area contributed by atoms with Crippen LogP contribution in [0.4, 0.5) is 0 Å². The standard InChI is InChI=1S/C6H7N.BrH/c1-6-4-2-3-5-7-6;/h2-5H,1H3;1H. The molecule has 0 unspecified atom stereocenters. The second-order valence-electron chi connectivity index (χ2n) is 1.47. The highest BCUT2D eigenvalue weighted by Gasteiger charge is 1.73. The van der Waals surface area contributed by atoms with Gasteiger partial charge in [-0.2, -0.15) is 0 Å². The van der Waals surface area contributed by atoms with Crippen LogP contribution in [-0.4, -0.2) is 4.98 Å². The van der Waals surface area contributed by atoms with Gasteiger partial charge in [-0.15, -0.1) is 17.0 Å². The van der Waals surface area contributed by atoms with E-state index in [0.717, 1.165) is 5.69 Å². The lowest BCUT2D eigenvalue weighted by atomic mass is 10.4. The van der Waals surface area contributed by atoms with Gasteiger partial charge < -0.3 is 0 Å². The van der Waals surface area contributed by atoms with E-state index in [1.807, 2.05) is 25.1 Å². The van der Waals surface area contributed by atoms with E-state index in [0.29, 0.717) is 0 Å². The third-order valence-corrected chi connectivity index (χ3v) is 0.813. The lowest BCUT2D eigenvalue weighted by Gasteiger charge is -1.82. The Bertz CT molecular complexity index is 138. The summed E-state index contributed by atoms with van der Waals surface area (Å²) in [7, 11) is 0. The lowest BCUT2D eigenvalue weighted by Crippen LogP contribution is -1.72. The first-order chi connectivity index (χ1) is 3.39. The van der Waals surface area contributed by atoms with Gasteiger partial charge in [0.2, 0.25) is 0 Å². The largest absolute Gasteiger partial charge is 0.262 e. The molecule has 0 N–H and O–H groups in total. The van der Waals surface area contributed by atoms with Crippen LogP contribution in [0.3, 0.4) is 0 Å². The van der Waals surface area contributed by atoms with Crippen LogP contribution >= 0.6 is 17.0 Å². The molecule has 0 spiro atoms. The molecule has 0 aliphatic heterocycles. The second-order valence-corrected chi connectivity index (χ2v) is 1.47. The van der Waals surface area contributed by atoms with Crippen molar-refractivity contribution in [3.05, 3.63) is 30.1 Å². The number of halogens is 1. The van der Waals surface area contributed by atoms with Gasteiger partial charge in [0, 0.05) is 11.9 Å². The first-order valence-electron chi connectivity index (χ1n) is 2.27. The Morgan fingerprint density at radius 1 is 1.38 bits per heavy atom. The van der Waals surface area contributed by atoms with Crippen molar-refractivity contribution in [2.75, 3.05) is 0 Å². The molecule has 0 aromatic carbocycles. The van der Waals surface area contributed by atoms with E-state index >= 15 is 0 Å². The molecule has 1 aromatic rings. The molecular formula is C6H8BrN. The summed E-state index contributed by atoms with van der Waals surface area (Å²) in [5, 5.41) is 0. The molecule has 0 aliphatic carbocycles. The maximum atomic E-state index is 3.98. The predicted octanol–water partition coefficient (Wildman–Crippen LogP) is 1.97. The summed E-state index contributed by atoms with van der Waals surface area (Å²) in [6.45, 7) is 1.97. The Morgan fingerprint density at radius 3 is 2.38 bits per heavy atom. The van der Waals surface area contributed by atoms with Crippen molar-refractivity contribution in [3.63, 3.8) is 0 Å². The highest BCUT2D eigenvalue weighted by atomic mass is 79.9. The van der Waals surface area contributed by atoms with E-state index in [4.69, 9.17) is 0 Å². The van der Waals surface area contributed by atoms with E-state index in [1.165, 1.54) is 0 Å². The monoisotopic (exact) mass is 173 g/mol. The van der Waals surface area contributed by atoms with Crippen LogP contribution in [0.15, 0.2) is 24.4 Å². The third kappa shape index (κ3) is 2.07. The van der Waals surface area contributed by atoms with Gasteiger partial charge in [-0.05, 0) is 19.1 Å². The number of nitrogens with zero attached hydrogens (tertiary/aromatic N) is 1. The Balaban J connectivity index is 0.000000490. The van der Waals surface area contributed by atoms with E-state index in [9.17, 15) is 0 Å². The molecule has 0 saturated carbocycles. The zero-order valence-corrected chi connectivity index (χ0v) is 6.38. The fourth-order valence-corrected chi connectivity index (χ4v) is 0.448. The molecule has 1 rings (SSSR count). The Labute approximate surface area is 59.5 Å². The van der Waals surface area contributed by atoms with Crippen LogP contribution in [0.1, 0.15) is 5.69 Å².